The first kappa shape index (κ1) is 46.7. The Hall–Kier alpha value is -10.2. The highest BCUT2D eigenvalue weighted by molar-refractivity contribution is 6.19. The number of para-hydroxylation sites is 3. The molecular weight excluding hydrogens is 995 g/mol. The van der Waals surface area contributed by atoms with E-state index in [4.69, 9.17) is 4.98 Å². The van der Waals surface area contributed by atoms with E-state index >= 15 is 0 Å². The lowest BCUT2D eigenvalue weighted by Crippen LogP contribution is -2.34. The van der Waals surface area contributed by atoms with Gasteiger partial charge in [-0.25, -0.2) is 4.98 Å². The van der Waals surface area contributed by atoms with Gasteiger partial charge in [0.1, 0.15) is 0 Å². The predicted molar refractivity (Wildman–Crippen MR) is 341 cm³/mol. The SMILES string of the molecule is C1=CC2C(CC1)C1=C(C=CC3C1c1ccccc1N3c1cc(-c3ccccc3)nc(-c3ccccc3)c1)N2c1cccc(-n2c3ccccc3c3cc4c5ccccc5n(-c5cc(-c6ccccc6)cc(-c6ccccc6)c5)c4cc32)c1. The van der Waals surface area contributed by atoms with Crippen molar-refractivity contribution < 1.29 is 0 Å². The number of fused-ring (bicyclic) bond motifs is 12. The van der Waals surface area contributed by atoms with E-state index in [1.807, 2.05) is 0 Å². The molecule has 13 aromatic rings. The van der Waals surface area contributed by atoms with Gasteiger partial charge < -0.3 is 18.9 Å². The van der Waals surface area contributed by atoms with E-state index in [9.17, 15) is 0 Å². The molecule has 5 nitrogen and oxygen atoms in total. The highest BCUT2D eigenvalue weighted by Gasteiger charge is 2.51. The largest absolute Gasteiger partial charge is 0.334 e. The number of benzene rings is 10. The summed E-state index contributed by atoms with van der Waals surface area (Å²) in [5.41, 5.74) is 23.9. The molecule has 82 heavy (non-hydrogen) atoms. The number of anilines is 3. The molecular formula is C77H55N5. The van der Waals surface area contributed by atoms with Crippen LogP contribution in [0.25, 0.3) is 99.8 Å². The number of allylic oxidation sites excluding steroid dienone is 2. The molecule has 0 saturated heterocycles. The van der Waals surface area contributed by atoms with Crippen LogP contribution in [0.2, 0.25) is 0 Å². The fraction of sp³-hybridized carbons (Fsp3) is 0.0779. The van der Waals surface area contributed by atoms with Crippen LogP contribution >= 0.6 is 0 Å². The molecule has 2 aliphatic heterocycles. The Bertz CT molecular complexity index is 4660. The van der Waals surface area contributed by atoms with Gasteiger partial charge in [0.2, 0.25) is 0 Å². The van der Waals surface area contributed by atoms with Crippen LogP contribution in [0.15, 0.2) is 296 Å². The molecule has 0 saturated carbocycles. The van der Waals surface area contributed by atoms with Crippen LogP contribution in [0.4, 0.5) is 17.1 Å². The fourth-order valence-corrected chi connectivity index (χ4v) is 14.6. The molecule has 4 unspecified atom stereocenters. The average molecular weight is 1050 g/mol. The van der Waals surface area contributed by atoms with Crippen LogP contribution in [0, 0.1) is 5.92 Å². The summed E-state index contributed by atoms with van der Waals surface area (Å²) in [5, 5.41) is 4.97. The summed E-state index contributed by atoms with van der Waals surface area (Å²) in [6, 6.07) is 96.3. The number of hydrogen-bond acceptors (Lipinski definition) is 3. The Kier molecular flexibility index (Phi) is 10.6. The summed E-state index contributed by atoms with van der Waals surface area (Å²) in [6.07, 6.45) is 12.1. The molecule has 0 amide bonds. The molecule has 5 heteroatoms. The molecule has 0 bridgehead atoms. The number of rotatable bonds is 8. The van der Waals surface area contributed by atoms with Gasteiger partial charge in [-0.05, 0) is 131 Å². The van der Waals surface area contributed by atoms with Crippen molar-refractivity contribution in [3.05, 3.63) is 302 Å². The van der Waals surface area contributed by atoms with Gasteiger partial charge in [-0.2, -0.15) is 0 Å². The topological polar surface area (TPSA) is 29.2 Å². The van der Waals surface area contributed by atoms with E-state index in [2.05, 4.69) is 304 Å². The van der Waals surface area contributed by atoms with Gasteiger partial charge in [-0.3, -0.25) is 0 Å². The third kappa shape index (κ3) is 7.29. The molecule has 388 valence electrons. The Morgan fingerprint density at radius 3 is 1.54 bits per heavy atom. The van der Waals surface area contributed by atoms with E-state index in [1.54, 1.807) is 5.57 Å². The maximum absolute atomic E-state index is 5.31. The van der Waals surface area contributed by atoms with E-state index in [-0.39, 0.29) is 18.0 Å². The minimum Gasteiger partial charge on any atom is -0.334 e. The highest BCUT2D eigenvalue weighted by atomic mass is 15.2. The van der Waals surface area contributed by atoms with Crippen molar-refractivity contribution in [2.24, 2.45) is 5.92 Å². The van der Waals surface area contributed by atoms with Crippen LogP contribution in [0.1, 0.15) is 24.3 Å². The zero-order valence-electron chi connectivity index (χ0n) is 45.1. The summed E-state index contributed by atoms with van der Waals surface area (Å²) in [4.78, 5) is 10.6. The predicted octanol–water partition coefficient (Wildman–Crippen LogP) is 19.2. The third-order valence-corrected chi connectivity index (χ3v) is 18.0. The third-order valence-electron chi connectivity index (χ3n) is 18.0. The van der Waals surface area contributed by atoms with Crippen LogP contribution in [-0.2, 0) is 0 Å². The van der Waals surface area contributed by atoms with E-state index in [0.29, 0.717) is 5.92 Å². The van der Waals surface area contributed by atoms with Crippen LogP contribution < -0.4 is 9.80 Å². The summed E-state index contributed by atoms with van der Waals surface area (Å²) in [6.45, 7) is 0. The highest BCUT2D eigenvalue weighted by Crippen LogP contribution is 2.58. The second kappa shape index (κ2) is 18.7. The van der Waals surface area contributed by atoms with Gasteiger partial charge >= 0.3 is 0 Å². The molecule has 0 radical (unpaired) electrons. The first-order chi connectivity index (χ1) is 40.7. The van der Waals surface area contributed by atoms with Crippen molar-refractivity contribution in [2.45, 2.75) is 30.8 Å². The van der Waals surface area contributed by atoms with Crippen LogP contribution in [-0.4, -0.2) is 26.2 Å². The van der Waals surface area contributed by atoms with E-state index in [1.165, 1.54) is 88.5 Å². The molecule has 0 spiro atoms. The maximum Gasteiger partial charge on any atom is 0.0730 e. The monoisotopic (exact) mass is 1050 g/mol. The molecule has 0 fully saturated rings. The van der Waals surface area contributed by atoms with Gasteiger partial charge in [-0.15, -0.1) is 0 Å². The minimum atomic E-state index is 0.0967. The first-order valence-corrected chi connectivity index (χ1v) is 28.9. The van der Waals surface area contributed by atoms with Crippen molar-refractivity contribution in [1.29, 1.82) is 0 Å². The van der Waals surface area contributed by atoms with Gasteiger partial charge in [0.05, 0.1) is 45.5 Å². The van der Waals surface area contributed by atoms with E-state index in [0.717, 1.165) is 52.4 Å². The average Bonchev–Trinajstić information content (AvgIpc) is 2.01. The summed E-state index contributed by atoms with van der Waals surface area (Å²) < 4.78 is 5.02. The molecule has 17 rings (SSSR count). The molecule has 4 atom stereocenters. The molecule has 3 aromatic heterocycles. The second-order valence-electron chi connectivity index (χ2n) is 22.5. The maximum atomic E-state index is 5.31. The van der Waals surface area contributed by atoms with Gasteiger partial charge in [0.15, 0.2) is 0 Å². The lowest BCUT2D eigenvalue weighted by Gasteiger charge is -2.33. The van der Waals surface area contributed by atoms with Gasteiger partial charge in [0.25, 0.3) is 0 Å². The Balaban J connectivity index is 0.818. The fourth-order valence-electron chi connectivity index (χ4n) is 14.6. The normalized spacial score (nSPS) is 18.0. The molecule has 4 aliphatic rings. The van der Waals surface area contributed by atoms with Crippen molar-refractivity contribution in [3.8, 4) is 56.1 Å². The second-order valence-corrected chi connectivity index (χ2v) is 22.5. The number of pyridine rings is 1. The van der Waals surface area contributed by atoms with Crippen molar-refractivity contribution in [1.82, 2.24) is 14.1 Å². The Morgan fingerprint density at radius 2 is 0.902 bits per heavy atom. The number of hydrogen-bond donors (Lipinski definition) is 0. The van der Waals surface area contributed by atoms with Crippen molar-refractivity contribution >= 4 is 60.7 Å². The minimum absolute atomic E-state index is 0.0967. The summed E-state index contributed by atoms with van der Waals surface area (Å²) in [7, 11) is 0. The Labute approximate surface area is 476 Å². The zero-order valence-corrected chi connectivity index (χ0v) is 45.1. The smallest absolute Gasteiger partial charge is 0.0730 e. The molecule has 10 aromatic carbocycles. The van der Waals surface area contributed by atoms with Crippen molar-refractivity contribution in [3.63, 3.8) is 0 Å². The number of nitrogens with zero attached hydrogens (tertiary/aromatic N) is 5. The lowest BCUT2D eigenvalue weighted by molar-refractivity contribution is 0.482. The standard InChI is InChI=1S/C77H55N5/c1-5-22-50(23-6-1)54-42-55(51-24-7-2-8-25-51)44-58(43-54)82-69-37-18-14-33-61(69)65-48-64-60-32-13-17-36-68(60)80(74(64)49-75(65)82)57-31-21-30-56(45-57)79-70-38-19-15-34-62(70)76-72(79)40-41-73-77(76)63-35-16-20-39-71(63)81(73)59-46-66(52-26-9-3-10-27-52)78-67(47-59)53-28-11-4-12-29-53/h1-14,16-33,35-49,62,70,73,77H,15,34H2. The summed E-state index contributed by atoms with van der Waals surface area (Å²) in [5.74, 6) is 0.540. The van der Waals surface area contributed by atoms with Crippen LogP contribution in [0.3, 0.4) is 0 Å². The number of aromatic nitrogens is 3. The van der Waals surface area contributed by atoms with Gasteiger partial charge in [-0.1, -0.05) is 200 Å². The molecule has 2 aliphatic carbocycles. The van der Waals surface area contributed by atoms with Crippen LogP contribution in [0.5, 0.6) is 0 Å². The zero-order chi connectivity index (χ0) is 53.8. The van der Waals surface area contributed by atoms with E-state index < -0.39 is 0 Å². The molecule has 0 N–H and O–H groups in total. The first-order valence-electron chi connectivity index (χ1n) is 28.9. The summed E-state index contributed by atoms with van der Waals surface area (Å²) >= 11 is 0. The Morgan fingerprint density at radius 1 is 0.354 bits per heavy atom. The van der Waals surface area contributed by atoms with Crippen molar-refractivity contribution in [2.75, 3.05) is 9.80 Å². The van der Waals surface area contributed by atoms with Gasteiger partial charge in [0, 0.05) is 78.6 Å². The quantitative estimate of drug-likeness (QED) is 0.142. The molecule has 5 heterocycles. The lowest BCUT2D eigenvalue weighted by atomic mass is 9.74.